The Morgan fingerprint density at radius 1 is 1.29 bits per heavy atom. The van der Waals surface area contributed by atoms with Crippen LogP contribution in [0.1, 0.15) is 56.4 Å². The molecule has 0 unspecified atom stereocenters. The third-order valence-electron chi connectivity index (χ3n) is 6.95. The lowest BCUT2D eigenvalue weighted by atomic mass is 9.86. The second-order valence-corrected chi connectivity index (χ2v) is 10.9. The van der Waals surface area contributed by atoms with Crippen LogP contribution in [-0.4, -0.2) is 38.7 Å². The first kappa shape index (κ1) is 26.3. The molecule has 9 nitrogen and oxygen atoms in total. The van der Waals surface area contributed by atoms with E-state index in [4.69, 9.17) is 21.1 Å². The van der Waals surface area contributed by atoms with Crippen molar-refractivity contribution in [3.63, 3.8) is 0 Å². The van der Waals surface area contributed by atoms with E-state index in [9.17, 15) is 23.9 Å². The number of carbonyl (C=O) groups is 2. The summed E-state index contributed by atoms with van der Waals surface area (Å²) in [6, 6.07) is 4.23. The number of nitrogens with one attached hydrogen (secondary N) is 1. The number of aliphatic hydroxyl groups is 1. The van der Waals surface area contributed by atoms with Gasteiger partial charge in [-0.25, -0.2) is 14.2 Å². The predicted molar refractivity (Wildman–Crippen MR) is 137 cm³/mol. The monoisotopic (exact) mass is 543 g/mol. The van der Waals surface area contributed by atoms with E-state index in [0.29, 0.717) is 27.9 Å². The summed E-state index contributed by atoms with van der Waals surface area (Å²) >= 11 is 6.10. The van der Waals surface area contributed by atoms with Gasteiger partial charge in [-0.2, -0.15) is 0 Å². The minimum absolute atomic E-state index is 0.0113. The summed E-state index contributed by atoms with van der Waals surface area (Å²) < 4.78 is 26.6. The molecule has 38 heavy (non-hydrogen) atoms. The van der Waals surface area contributed by atoms with Gasteiger partial charge in [0.15, 0.2) is 5.60 Å². The molecule has 1 aromatic carbocycles. The Balaban J connectivity index is 1.65. The molecule has 2 N–H and O–H groups in total. The highest BCUT2D eigenvalue weighted by atomic mass is 35.5. The van der Waals surface area contributed by atoms with Crippen LogP contribution < -0.4 is 10.9 Å². The average Bonchev–Trinajstić information content (AvgIpc) is 3.22. The van der Waals surface area contributed by atoms with Gasteiger partial charge < -0.3 is 24.5 Å². The van der Waals surface area contributed by atoms with Gasteiger partial charge in [0.25, 0.3) is 5.56 Å². The van der Waals surface area contributed by atoms with Crippen molar-refractivity contribution in [2.75, 3.05) is 6.61 Å². The number of halogens is 2. The maximum Gasteiger partial charge on any atom is 0.343 e. The van der Waals surface area contributed by atoms with Gasteiger partial charge in [-0.15, -0.1) is 0 Å². The number of aromatic nitrogens is 2. The molecule has 200 valence electrons. The van der Waals surface area contributed by atoms with E-state index in [2.05, 4.69) is 10.3 Å². The fraction of sp³-hybridized carbons (Fsp3) is 0.407. The minimum Gasteiger partial charge on any atom is -0.458 e. The zero-order chi connectivity index (χ0) is 27.6. The lowest BCUT2D eigenvalue weighted by Gasteiger charge is -2.31. The molecule has 0 saturated heterocycles. The molecule has 0 radical (unpaired) electrons. The van der Waals surface area contributed by atoms with Crippen LogP contribution in [0.4, 0.5) is 4.39 Å². The van der Waals surface area contributed by atoms with Gasteiger partial charge in [0, 0.05) is 29.1 Å². The summed E-state index contributed by atoms with van der Waals surface area (Å²) in [4.78, 5) is 43.1. The number of hydrogen-bond donors (Lipinski definition) is 2. The molecule has 0 spiro atoms. The highest BCUT2D eigenvalue weighted by Crippen LogP contribution is 2.40. The molecule has 11 heteroatoms. The van der Waals surface area contributed by atoms with E-state index in [1.54, 1.807) is 13.0 Å². The molecular formula is C27H27ClFN3O6. The van der Waals surface area contributed by atoms with E-state index in [1.165, 1.54) is 16.7 Å². The number of ether oxygens (including phenoxy) is 2. The van der Waals surface area contributed by atoms with Crippen molar-refractivity contribution >= 4 is 34.4 Å². The molecule has 3 aromatic rings. The standard InChI is InChI=1S/C27H27ClFN3O6/c1-5-27(36)17-7-21-23-15(10-32(21)24(34)16(17)11-37-25(27)35)14(9-30-22(33)12-38-26(2,3)4)13-6-18(28)19(29)8-20(13)31-23/h6-8,36H,5,9-12H2,1-4H3,(H,30,33)/t27-/m0/s1. The van der Waals surface area contributed by atoms with Crippen LogP contribution in [-0.2, 0) is 44.4 Å². The molecular weight excluding hydrogens is 517 g/mol. The predicted octanol–water partition coefficient (Wildman–Crippen LogP) is 3.30. The van der Waals surface area contributed by atoms with Crippen LogP contribution in [0.2, 0.25) is 5.02 Å². The van der Waals surface area contributed by atoms with E-state index in [-0.39, 0.29) is 60.3 Å². The molecule has 0 saturated carbocycles. The highest BCUT2D eigenvalue weighted by Gasteiger charge is 2.45. The summed E-state index contributed by atoms with van der Waals surface area (Å²) in [6.45, 7) is 6.92. The Bertz CT molecular complexity index is 1580. The Hall–Kier alpha value is -3.34. The van der Waals surface area contributed by atoms with Crippen molar-refractivity contribution in [3.05, 3.63) is 61.6 Å². The average molecular weight is 544 g/mol. The summed E-state index contributed by atoms with van der Waals surface area (Å²) in [5.74, 6) is -1.83. The number of rotatable bonds is 5. The van der Waals surface area contributed by atoms with Crippen LogP contribution in [0, 0.1) is 5.82 Å². The first-order chi connectivity index (χ1) is 17.8. The lowest BCUT2D eigenvalue weighted by molar-refractivity contribution is -0.172. The summed E-state index contributed by atoms with van der Waals surface area (Å²) in [7, 11) is 0. The molecule has 1 amide bonds. The van der Waals surface area contributed by atoms with E-state index >= 15 is 0 Å². The van der Waals surface area contributed by atoms with E-state index in [0.717, 1.165) is 0 Å². The first-order valence-corrected chi connectivity index (χ1v) is 12.6. The molecule has 2 aliphatic heterocycles. The van der Waals surface area contributed by atoms with Crippen molar-refractivity contribution in [3.8, 4) is 11.4 Å². The molecule has 4 heterocycles. The molecule has 2 aliphatic rings. The van der Waals surface area contributed by atoms with Gasteiger partial charge in [-0.3, -0.25) is 9.59 Å². The van der Waals surface area contributed by atoms with E-state index in [1.807, 2.05) is 20.8 Å². The summed E-state index contributed by atoms with van der Waals surface area (Å²) in [6.07, 6.45) is 0.0113. The number of esters is 1. The van der Waals surface area contributed by atoms with Crippen molar-refractivity contribution in [1.82, 2.24) is 14.9 Å². The fourth-order valence-electron chi connectivity index (χ4n) is 4.88. The third kappa shape index (κ3) is 4.26. The zero-order valence-corrected chi connectivity index (χ0v) is 22.2. The van der Waals surface area contributed by atoms with Gasteiger partial charge in [-0.05, 0) is 44.9 Å². The minimum atomic E-state index is -1.97. The zero-order valence-electron chi connectivity index (χ0n) is 21.4. The van der Waals surface area contributed by atoms with Crippen LogP contribution in [0.3, 0.4) is 0 Å². The molecule has 5 rings (SSSR count). The van der Waals surface area contributed by atoms with Gasteiger partial charge in [-0.1, -0.05) is 18.5 Å². The quantitative estimate of drug-likeness (QED) is 0.371. The van der Waals surface area contributed by atoms with Crippen molar-refractivity contribution < 1.29 is 28.6 Å². The van der Waals surface area contributed by atoms with Crippen molar-refractivity contribution in [2.24, 2.45) is 0 Å². The second-order valence-electron chi connectivity index (χ2n) is 10.5. The molecule has 2 aromatic heterocycles. The van der Waals surface area contributed by atoms with Crippen molar-refractivity contribution in [1.29, 1.82) is 0 Å². The SMILES string of the molecule is CC[C@@]1(O)C(=O)OCc2c1cc1n(c2=O)Cc2c-1nc1cc(F)c(Cl)cc1c2CNC(=O)COC(C)(C)C. The molecule has 1 atom stereocenters. The highest BCUT2D eigenvalue weighted by molar-refractivity contribution is 6.31. The normalized spacial score (nSPS) is 18.1. The fourth-order valence-corrected chi connectivity index (χ4v) is 5.04. The maximum atomic E-state index is 14.4. The Morgan fingerprint density at radius 3 is 2.71 bits per heavy atom. The van der Waals surface area contributed by atoms with Gasteiger partial charge in [0.1, 0.15) is 19.0 Å². The Morgan fingerprint density at radius 2 is 2.03 bits per heavy atom. The lowest BCUT2D eigenvalue weighted by Crippen LogP contribution is -2.44. The Kier molecular flexibility index (Phi) is 6.32. The number of pyridine rings is 2. The van der Waals surface area contributed by atoms with Crippen LogP contribution >= 0.6 is 11.6 Å². The number of amides is 1. The maximum absolute atomic E-state index is 14.4. The number of cyclic esters (lactones) is 1. The van der Waals surface area contributed by atoms with Crippen molar-refractivity contribution in [2.45, 2.75) is 65.0 Å². The van der Waals surface area contributed by atoms with Crippen LogP contribution in [0.15, 0.2) is 23.0 Å². The molecule has 0 bridgehead atoms. The number of nitrogens with zero attached hydrogens (tertiary/aromatic N) is 2. The smallest absolute Gasteiger partial charge is 0.343 e. The number of carbonyl (C=O) groups excluding carboxylic acids is 2. The first-order valence-electron chi connectivity index (χ1n) is 12.2. The van der Waals surface area contributed by atoms with E-state index < -0.39 is 28.5 Å². The second kappa shape index (κ2) is 9.14. The summed E-state index contributed by atoms with van der Waals surface area (Å²) in [5, 5.41) is 14.3. The molecule has 0 fully saturated rings. The van der Waals surface area contributed by atoms with Gasteiger partial charge in [0.2, 0.25) is 5.91 Å². The number of hydrogen-bond acceptors (Lipinski definition) is 7. The van der Waals surface area contributed by atoms with Crippen LogP contribution in [0.25, 0.3) is 22.3 Å². The number of benzene rings is 1. The van der Waals surface area contributed by atoms with Gasteiger partial charge >= 0.3 is 5.97 Å². The Labute approximate surface area is 222 Å². The topological polar surface area (TPSA) is 120 Å². The third-order valence-corrected chi connectivity index (χ3v) is 7.24. The molecule has 0 aliphatic carbocycles. The summed E-state index contributed by atoms with van der Waals surface area (Å²) in [5.41, 5.74) is -0.193. The van der Waals surface area contributed by atoms with Gasteiger partial charge in [0.05, 0.1) is 39.6 Å². The largest absolute Gasteiger partial charge is 0.458 e. The van der Waals surface area contributed by atoms with Crippen LogP contribution in [0.5, 0.6) is 0 Å². The number of fused-ring (bicyclic) bond motifs is 5.